The number of fused-ring (bicyclic) bond motifs is 5. The maximum atomic E-state index is 14.3. The topological polar surface area (TPSA) is 138 Å². The van der Waals surface area contributed by atoms with Crippen molar-refractivity contribution >= 4 is 23.3 Å². The molecule has 0 aliphatic heterocycles. The van der Waals surface area contributed by atoms with Crippen molar-refractivity contribution in [2.24, 2.45) is 39.4 Å². The second-order valence-electron chi connectivity index (χ2n) is 14.8. The molecule has 4 aliphatic rings. The van der Waals surface area contributed by atoms with Gasteiger partial charge in [-0.1, -0.05) is 46.3 Å². The molecule has 40 heavy (non-hydrogen) atoms. The molecule has 0 saturated heterocycles. The average molecular weight is 559 g/mol. The quantitative estimate of drug-likeness (QED) is 0.265. The normalized spacial score (nSPS) is 42.4. The van der Waals surface area contributed by atoms with E-state index in [1.54, 1.807) is 13.8 Å². The van der Waals surface area contributed by atoms with Gasteiger partial charge in [-0.05, 0) is 68.4 Å². The van der Waals surface area contributed by atoms with Gasteiger partial charge in [0.25, 0.3) is 0 Å². The number of carbonyl (C=O) groups excluding carboxylic acids is 4. The Morgan fingerprint density at radius 2 is 1.65 bits per heavy atom. The van der Waals surface area contributed by atoms with Gasteiger partial charge in [0.15, 0.2) is 11.6 Å². The van der Waals surface area contributed by atoms with Crippen molar-refractivity contribution in [1.82, 2.24) is 0 Å². The number of aliphatic hydroxyl groups is 3. The Hall–Kier alpha value is -2.16. The molecule has 9 atom stereocenters. The average Bonchev–Trinajstić information content (AvgIpc) is 3.01. The van der Waals surface area contributed by atoms with E-state index in [0.717, 1.165) is 5.57 Å². The molecule has 0 aromatic heterocycles. The minimum Gasteiger partial charge on any atom is -0.456 e. The highest BCUT2D eigenvalue weighted by molar-refractivity contribution is 5.97. The third-order valence-corrected chi connectivity index (χ3v) is 11.6. The zero-order chi connectivity index (χ0) is 30.4. The predicted molar refractivity (Wildman–Crippen MR) is 148 cm³/mol. The Morgan fingerprint density at radius 3 is 2.23 bits per heavy atom. The van der Waals surface area contributed by atoms with Crippen LogP contribution in [0.3, 0.4) is 0 Å². The lowest BCUT2D eigenvalue weighted by atomic mass is 9.38. The van der Waals surface area contributed by atoms with E-state index >= 15 is 0 Å². The summed E-state index contributed by atoms with van der Waals surface area (Å²) >= 11 is 0. The summed E-state index contributed by atoms with van der Waals surface area (Å²) in [4.78, 5) is 52.1. The van der Waals surface area contributed by atoms with Gasteiger partial charge in [0.1, 0.15) is 23.1 Å². The van der Waals surface area contributed by atoms with Crippen LogP contribution in [0.2, 0.25) is 0 Å². The van der Waals surface area contributed by atoms with E-state index in [2.05, 4.69) is 13.0 Å². The van der Waals surface area contributed by atoms with E-state index in [9.17, 15) is 34.5 Å². The lowest BCUT2D eigenvalue weighted by molar-refractivity contribution is -0.183. The molecule has 0 bridgehead atoms. The molecule has 0 heterocycles. The maximum absolute atomic E-state index is 14.3. The predicted octanol–water partition coefficient (Wildman–Crippen LogP) is 3.50. The van der Waals surface area contributed by atoms with E-state index in [1.165, 1.54) is 26.0 Å². The van der Waals surface area contributed by atoms with Crippen LogP contribution in [0.1, 0.15) is 88.0 Å². The van der Waals surface area contributed by atoms with E-state index in [4.69, 9.17) is 4.74 Å². The Balaban J connectivity index is 1.75. The molecular formula is C32H46O8. The van der Waals surface area contributed by atoms with Crippen LogP contribution in [0.25, 0.3) is 0 Å². The highest BCUT2D eigenvalue weighted by atomic mass is 16.6. The summed E-state index contributed by atoms with van der Waals surface area (Å²) in [6.07, 6.45) is 3.50. The fourth-order valence-corrected chi connectivity index (χ4v) is 9.35. The number of allylic oxidation sites excluding steroid dienone is 1. The second kappa shape index (κ2) is 9.17. The van der Waals surface area contributed by atoms with Crippen LogP contribution < -0.4 is 0 Å². The van der Waals surface area contributed by atoms with Crippen LogP contribution in [0.4, 0.5) is 0 Å². The van der Waals surface area contributed by atoms with Crippen molar-refractivity contribution in [1.29, 1.82) is 0 Å². The van der Waals surface area contributed by atoms with Crippen LogP contribution in [-0.2, 0) is 23.9 Å². The van der Waals surface area contributed by atoms with Gasteiger partial charge in [0.2, 0.25) is 0 Å². The van der Waals surface area contributed by atoms with Gasteiger partial charge in [0, 0.05) is 36.5 Å². The number of esters is 1. The summed E-state index contributed by atoms with van der Waals surface area (Å²) in [7, 11) is 0. The van der Waals surface area contributed by atoms with Gasteiger partial charge in [-0.3, -0.25) is 19.2 Å². The Bertz CT molecular complexity index is 1210. The smallest absolute Gasteiger partial charge is 0.303 e. The highest BCUT2D eigenvalue weighted by Gasteiger charge is 2.74. The molecule has 8 heteroatoms. The SMILES string of the molecule is CC(=O)OC(C)(C)/C=C/C(=O)[C@](C)(O)[C@H]1[C@H](O)C[C@@]2(C)[C@H]3CC=C4[C@@H](CC(=O)[C@H](O)C4(C)C)[C@]3(C)C(=O)C[C@@]12C. The van der Waals surface area contributed by atoms with Crippen molar-refractivity contribution in [3.63, 3.8) is 0 Å². The maximum Gasteiger partial charge on any atom is 0.303 e. The minimum atomic E-state index is -1.99. The summed E-state index contributed by atoms with van der Waals surface area (Å²) in [5.74, 6) is -2.96. The van der Waals surface area contributed by atoms with Crippen molar-refractivity contribution < 1.29 is 39.2 Å². The fraction of sp³-hybridized carbons (Fsp3) is 0.750. The van der Waals surface area contributed by atoms with Crippen LogP contribution in [0, 0.1) is 39.4 Å². The standard InChI is InChI=1S/C32H46O8/c1-17(33)40-27(2,3)13-12-23(36)32(9,39)25-21(35)15-29(6)22-11-10-18-19(14-20(34)26(38)28(18,4)5)31(22,8)24(37)16-30(25,29)7/h10,12-13,19,21-22,25-26,35,38-39H,11,14-16H2,1-9H3/b13-12+/t19-,21-,22-,25+,26+,29+,30+,31+,32+/m1/s1. The monoisotopic (exact) mass is 558 g/mol. The highest BCUT2D eigenvalue weighted by Crippen LogP contribution is 2.74. The van der Waals surface area contributed by atoms with Crippen molar-refractivity contribution in [2.75, 3.05) is 0 Å². The van der Waals surface area contributed by atoms with Gasteiger partial charge in [-0.2, -0.15) is 0 Å². The number of carbonyl (C=O) groups is 4. The number of hydrogen-bond acceptors (Lipinski definition) is 8. The molecule has 3 saturated carbocycles. The zero-order valence-corrected chi connectivity index (χ0v) is 25.3. The third kappa shape index (κ3) is 4.11. The zero-order valence-electron chi connectivity index (χ0n) is 25.3. The molecule has 222 valence electrons. The second-order valence-corrected chi connectivity index (χ2v) is 14.8. The Morgan fingerprint density at radius 1 is 1.05 bits per heavy atom. The summed E-state index contributed by atoms with van der Waals surface area (Å²) in [6.45, 7) is 15.5. The van der Waals surface area contributed by atoms with Crippen LogP contribution in [0.15, 0.2) is 23.8 Å². The number of ether oxygens (including phenoxy) is 1. The summed E-state index contributed by atoms with van der Waals surface area (Å²) in [5, 5.41) is 33.9. The number of hydrogen-bond donors (Lipinski definition) is 3. The van der Waals surface area contributed by atoms with Crippen molar-refractivity contribution in [3.8, 4) is 0 Å². The van der Waals surface area contributed by atoms with Crippen molar-refractivity contribution in [2.45, 2.75) is 111 Å². The van der Waals surface area contributed by atoms with E-state index in [-0.39, 0.29) is 36.2 Å². The lowest BCUT2D eigenvalue weighted by Crippen LogP contribution is -2.65. The molecule has 8 nitrogen and oxygen atoms in total. The Kier molecular flexibility index (Phi) is 7.06. The van der Waals surface area contributed by atoms with Crippen LogP contribution >= 0.6 is 0 Å². The Labute approximate surface area is 237 Å². The largest absolute Gasteiger partial charge is 0.456 e. The van der Waals surface area contributed by atoms with Crippen LogP contribution in [0.5, 0.6) is 0 Å². The number of Topliss-reactive ketones (excluding diaryl/α,β-unsaturated/α-hetero) is 2. The molecule has 4 rings (SSSR count). The van der Waals surface area contributed by atoms with Crippen molar-refractivity contribution in [3.05, 3.63) is 23.8 Å². The van der Waals surface area contributed by atoms with Gasteiger partial charge in [0.05, 0.1) is 6.10 Å². The molecule has 3 fully saturated rings. The number of aliphatic hydroxyl groups excluding tert-OH is 2. The van der Waals surface area contributed by atoms with E-state index in [0.29, 0.717) is 12.8 Å². The fourth-order valence-electron chi connectivity index (χ4n) is 9.35. The van der Waals surface area contributed by atoms with E-state index < -0.39 is 62.7 Å². The first-order chi connectivity index (χ1) is 18.1. The molecule has 0 spiro atoms. The minimum absolute atomic E-state index is 0.0399. The first-order valence-corrected chi connectivity index (χ1v) is 14.4. The van der Waals surface area contributed by atoms with Gasteiger partial charge >= 0.3 is 5.97 Å². The summed E-state index contributed by atoms with van der Waals surface area (Å²) in [6, 6.07) is 0. The van der Waals surface area contributed by atoms with Gasteiger partial charge in [-0.15, -0.1) is 0 Å². The molecular weight excluding hydrogens is 512 g/mol. The van der Waals surface area contributed by atoms with Gasteiger partial charge in [-0.25, -0.2) is 0 Å². The molecule has 4 aliphatic carbocycles. The van der Waals surface area contributed by atoms with Gasteiger partial charge < -0.3 is 20.1 Å². The molecule has 0 radical (unpaired) electrons. The molecule has 0 amide bonds. The molecule has 0 aromatic carbocycles. The molecule has 0 unspecified atom stereocenters. The van der Waals surface area contributed by atoms with E-state index in [1.807, 2.05) is 27.7 Å². The molecule has 3 N–H and O–H groups in total. The molecule has 0 aromatic rings. The first-order valence-electron chi connectivity index (χ1n) is 14.4. The summed E-state index contributed by atoms with van der Waals surface area (Å²) in [5.41, 5.74) is -5.33. The van der Waals surface area contributed by atoms with Crippen LogP contribution in [-0.4, -0.2) is 62.0 Å². The summed E-state index contributed by atoms with van der Waals surface area (Å²) < 4.78 is 5.23. The third-order valence-electron chi connectivity index (χ3n) is 11.6. The first kappa shape index (κ1) is 30.8. The number of rotatable bonds is 5. The number of ketones is 3. The lowest BCUT2D eigenvalue weighted by Gasteiger charge is -2.64.